The molecule has 176 valence electrons. The van der Waals surface area contributed by atoms with E-state index < -0.39 is 17.9 Å². The summed E-state index contributed by atoms with van der Waals surface area (Å²) < 4.78 is 0. The largest absolute Gasteiger partial charge is 1.00 e. The number of halogens is 2. The number of benzene rings is 2. The van der Waals surface area contributed by atoms with Gasteiger partial charge in [-0.25, -0.2) is 9.97 Å². The van der Waals surface area contributed by atoms with Crippen molar-refractivity contribution < 1.29 is 44.3 Å². The second-order valence-corrected chi connectivity index (χ2v) is 8.50. The van der Waals surface area contributed by atoms with E-state index in [0.717, 1.165) is 11.3 Å². The number of hydrogen-bond donors (Lipinski definition) is 1. The third kappa shape index (κ3) is 7.78. The SMILES string of the molecule is CC(C)N(c1ccc(/C=C/C[C@H](NC(=O)c2c(Cl)cccc2Cl)C(=O)[O-])cc1)c1ncccn1.[Na+]. The number of carbonyl (C=O) groups excluding carboxylic acids is 2. The van der Waals surface area contributed by atoms with Crippen molar-refractivity contribution in [3.8, 4) is 0 Å². The third-order valence-electron chi connectivity index (χ3n) is 4.92. The topological polar surface area (TPSA) is 98.2 Å². The van der Waals surface area contributed by atoms with Crippen LogP contribution in [-0.4, -0.2) is 33.9 Å². The van der Waals surface area contributed by atoms with Crippen LogP contribution >= 0.6 is 23.2 Å². The number of carboxylic acid groups (broad SMARTS) is 1. The molecule has 0 saturated carbocycles. The first-order chi connectivity index (χ1) is 16.3. The smallest absolute Gasteiger partial charge is 0.548 e. The molecule has 10 heteroatoms. The number of amides is 1. The van der Waals surface area contributed by atoms with Gasteiger partial charge in [-0.1, -0.05) is 53.6 Å². The quantitative estimate of drug-likeness (QED) is 0.427. The molecule has 3 rings (SSSR count). The van der Waals surface area contributed by atoms with Gasteiger partial charge in [-0.2, -0.15) is 0 Å². The number of carbonyl (C=O) groups is 2. The Kier molecular flexibility index (Phi) is 11.2. The van der Waals surface area contributed by atoms with Gasteiger partial charge in [0, 0.05) is 24.1 Å². The molecule has 1 aromatic heterocycles. The van der Waals surface area contributed by atoms with Crippen LogP contribution in [0.3, 0.4) is 0 Å². The van der Waals surface area contributed by atoms with Crippen LogP contribution in [0.2, 0.25) is 10.0 Å². The Balaban J connectivity index is 0.00000432. The summed E-state index contributed by atoms with van der Waals surface area (Å²) in [5.74, 6) is -1.49. The molecule has 0 aliphatic rings. The van der Waals surface area contributed by atoms with Gasteiger partial charge < -0.3 is 20.1 Å². The molecule has 7 nitrogen and oxygen atoms in total. The van der Waals surface area contributed by atoms with Gasteiger partial charge in [0.1, 0.15) is 0 Å². The second kappa shape index (κ2) is 13.6. The van der Waals surface area contributed by atoms with Crippen LogP contribution in [0.25, 0.3) is 6.08 Å². The molecule has 2 aromatic carbocycles. The molecule has 0 bridgehead atoms. The maximum Gasteiger partial charge on any atom is 1.00 e. The van der Waals surface area contributed by atoms with E-state index in [1.54, 1.807) is 36.7 Å². The average Bonchev–Trinajstić information content (AvgIpc) is 2.80. The Hall–Kier alpha value is -2.42. The number of carboxylic acids is 1. The van der Waals surface area contributed by atoms with Gasteiger partial charge in [-0.05, 0) is 56.2 Å². The summed E-state index contributed by atoms with van der Waals surface area (Å²) >= 11 is 12.1. The van der Waals surface area contributed by atoms with Crippen molar-refractivity contribution in [1.82, 2.24) is 15.3 Å². The Morgan fingerprint density at radius 1 is 1.03 bits per heavy atom. The van der Waals surface area contributed by atoms with E-state index in [1.807, 2.05) is 43.0 Å². The number of hydrogen-bond acceptors (Lipinski definition) is 6. The normalized spacial score (nSPS) is 11.7. The van der Waals surface area contributed by atoms with Gasteiger partial charge in [0.25, 0.3) is 5.91 Å². The van der Waals surface area contributed by atoms with E-state index in [9.17, 15) is 14.7 Å². The van der Waals surface area contributed by atoms with E-state index in [2.05, 4.69) is 15.3 Å². The monoisotopic (exact) mass is 520 g/mol. The molecule has 1 amide bonds. The molecule has 3 aromatic rings. The van der Waals surface area contributed by atoms with Gasteiger partial charge in [-0.3, -0.25) is 4.79 Å². The summed E-state index contributed by atoms with van der Waals surface area (Å²) in [5, 5.41) is 14.2. The van der Waals surface area contributed by atoms with E-state index in [0.29, 0.717) is 5.95 Å². The number of aliphatic carboxylic acids is 1. The summed E-state index contributed by atoms with van der Waals surface area (Å²) in [4.78, 5) is 34.7. The van der Waals surface area contributed by atoms with Gasteiger partial charge >= 0.3 is 29.6 Å². The molecule has 1 N–H and O–H groups in total. The zero-order valence-electron chi connectivity index (χ0n) is 19.6. The van der Waals surface area contributed by atoms with Crippen molar-refractivity contribution in [2.75, 3.05) is 4.90 Å². The maximum absolute atomic E-state index is 12.5. The van der Waals surface area contributed by atoms with Crippen molar-refractivity contribution in [3.05, 3.63) is 88.2 Å². The van der Waals surface area contributed by atoms with Crippen molar-refractivity contribution in [3.63, 3.8) is 0 Å². The van der Waals surface area contributed by atoms with E-state index in [1.165, 1.54) is 12.1 Å². The first-order valence-electron chi connectivity index (χ1n) is 10.6. The molecular weight excluding hydrogens is 498 g/mol. The molecule has 0 aliphatic heterocycles. The van der Waals surface area contributed by atoms with Crippen molar-refractivity contribution in [2.24, 2.45) is 0 Å². The number of nitrogens with one attached hydrogen (secondary N) is 1. The standard InChI is InChI=1S/C25H24Cl2N4O3.Na/c1-16(2)31(25-28-14-5-15-29-25)18-12-10-17(11-13-18)6-3-9-21(24(33)34)30-23(32)22-19(26)7-4-8-20(22)27;/h3-8,10-16,21H,9H2,1-2H3,(H,30,32)(H,33,34);/q;+1/p-1/b6-3+;/t21-;/m0./s1. The molecule has 0 fully saturated rings. The predicted molar refractivity (Wildman–Crippen MR) is 132 cm³/mol. The predicted octanol–water partition coefficient (Wildman–Crippen LogP) is 1.29. The van der Waals surface area contributed by atoms with E-state index in [4.69, 9.17) is 23.2 Å². The first kappa shape index (κ1) is 28.8. The summed E-state index contributed by atoms with van der Waals surface area (Å²) in [6.45, 7) is 4.10. The van der Waals surface area contributed by atoms with Gasteiger partial charge in [-0.15, -0.1) is 0 Å². The molecule has 0 aliphatic carbocycles. The molecule has 0 saturated heterocycles. The fourth-order valence-corrected chi connectivity index (χ4v) is 3.87. The third-order valence-corrected chi connectivity index (χ3v) is 5.55. The summed E-state index contributed by atoms with van der Waals surface area (Å²) in [7, 11) is 0. The molecule has 35 heavy (non-hydrogen) atoms. The Labute approximate surface area is 236 Å². The van der Waals surface area contributed by atoms with Crippen LogP contribution in [0.5, 0.6) is 0 Å². The molecule has 0 spiro atoms. The van der Waals surface area contributed by atoms with E-state index in [-0.39, 0.29) is 57.6 Å². The van der Waals surface area contributed by atoms with Gasteiger partial charge in [0.15, 0.2) is 0 Å². The van der Waals surface area contributed by atoms with E-state index >= 15 is 0 Å². The number of rotatable bonds is 9. The summed E-state index contributed by atoms with van der Waals surface area (Å²) in [6.07, 6.45) is 6.84. The minimum absolute atomic E-state index is 0. The second-order valence-electron chi connectivity index (χ2n) is 7.68. The zero-order chi connectivity index (χ0) is 24.7. The Bertz CT molecular complexity index is 1150. The van der Waals surface area contributed by atoms with Crippen LogP contribution in [0.4, 0.5) is 11.6 Å². The molecule has 0 radical (unpaired) electrons. The van der Waals surface area contributed by atoms with Crippen LogP contribution in [0, 0.1) is 0 Å². The van der Waals surface area contributed by atoms with Gasteiger partial charge in [0.2, 0.25) is 5.95 Å². The Morgan fingerprint density at radius 3 is 2.17 bits per heavy atom. The molecule has 1 atom stereocenters. The van der Waals surface area contributed by atoms with Crippen LogP contribution in [-0.2, 0) is 4.79 Å². The Morgan fingerprint density at radius 2 is 1.63 bits per heavy atom. The fourth-order valence-electron chi connectivity index (χ4n) is 3.31. The summed E-state index contributed by atoms with van der Waals surface area (Å²) in [6, 6.07) is 12.9. The first-order valence-corrected chi connectivity index (χ1v) is 11.3. The summed E-state index contributed by atoms with van der Waals surface area (Å²) in [5.41, 5.74) is 1.81. The molecule has 0 unspecified atom stereocenters. The minimum Gasteiger partial charge on any atom is -0.548 e. The number of aromatic nitrogens is 2. The minimum atomic E-state index is -1.41. The zero-order valence-corrected chi connectivity index (χ0v) is 23.1. The van der Waals surface area contributed by atoms with Crippen LogP contribution < -0.4 is 44.9 Å². The van der Waals surface area contributed by atoms with Crippen LogP contribution in [0.15, 0.2) is 67.0 Å². The molecule has 1 heterocycles. The van der Waals surface area contributed by atoms with Gasteiger partial charge in [0.05, 0.1) is 27.6 Å². The maximum atomic E-state index is 12.5. The van der Waals surface area contributed by atoms with Crippen molar-refractivity contribution >= 4 is 52.8 Å². The average molecular weight is 521 g/mol. The fraction of sp³-hybridized carbons (Fsp3) is 0.200. The van der Waals surface area contributed by atoms with Crippen molar-refractivity contribution in [2.45, 2.75) is 32.4 Å². The number of nitrogens with zero attached hydrogens (tertiary/aromatic N) is 3. The molecular formula is C25H23Cl2N4NaO3. The van der Waals surface area contributed by atoms with Crippen LogP contribution in [0.1, 0.15) is 36.2 Å². The van der Waals surface area contributed by atoms with Crippen molar-refractivity contribution in [1.29, 1.82) is 0 Å². The number of anilines is 2.